The van der Waals surface area contributed by atoms with E-state index in [1.165, 1.54) is 17.1 Å². The highest BCUT2D eigenvalue weighted by Gasteiger charge is 2.08. The Labute approximate surface area is 125 Å². The average molecular weight is 302 g/mol. The normalized spacial score (nSPS) is 10.9. The second-order valence-corrected chi connectivity index (χ2v) is 6.31. The van der Waals surface area contributed by atoms with E-state index < -0.39 is 0 Å². The van der Waals surface area contributed by atoms with E-state index in [1.807, 2.05) is 32.2 Å². The van der Waals surface area contributed by atoms with Crippen molar-refractivity contribution in [3.05, 3.63) is 41.7 Å². The van der Waals surface area contributed by atoms with Crippen molar-refractivity contribution in [3.63, 3.8) is 0 Å². The molecule has 1 aromatic carbocycles. The van der Waals surface area contributed by atoms with E-state index in [9.17, 15) is 0 Å². The molecule has 4 nitrogen and oxygen atoms in total. The summed E-state index contributed by atoms with van der Waals surface area (Å²) in [6.07, 6.45) is 0. The van der Waals surface area contributed by atoms with E-state index in [0.29, 0.717) is 0 Å². The predicted molar refractivity (Wildman–Crippen MR) is 85.5 cm³/mol. The number of nitrogens with one attached hydrogen (secondary N) is 1. The zero-order valence-electron chi connectivity index (χ0n) is 11.3. The minimum absolute atomic E-state index is 0.836. The fourth-order valence-electron chi connectivity index (χ4n) is 1.96. The van der Waals surface area contributed by atoms with Crippen LogP contribution in [0.15, 0.2) is 34.7 Å². The molecule has 0 amide bonds. The first kappa shape index (κ1) is 13.3. The zero-order chi connectivity index (χ0) is 13.9. The number of thioether (sulfide) groups is 1. The molecule has 0 unspecified atom stereocenters. The third kappa shape index (κ3) is 2.76. The first-order valence-electron chi connectivity index (χ1n) is 6.26. The molecule has 0 aliphatic heterocycles. The molecule has 0 saturated carbocycles. The highest BCUT2D eigenvalue weighted by atomic mass is 32.2. The molecule has 0 fully saturated rings. The van der Waals surface area contributed by atoms with Gasteiger partial charge in [-0.2, -0.15) is 4.37 Å². The Hall–Kier alpha value is -1.66. The summed E-state index contributed by atoms with van der Waals surface area (Å²) in [5.74, 6) is 2.60. The number of benzene rings is 1. The largest absolute Gasteiger partial charge is 0.373 e. The van der Waals surface area contributed by atoms with Crippen LogP contribution in [0.2, 0.25) is 0 Å². The molecular weight excluding hydrogens is 288 g/mol. The van der Waals surface area contributed by atoms with Crippen LogP contribution in [0.25, 0.3) is 10.9 Å². The van der Waals surface area contributed by atoms with Gasteiger partial charge in [-0.1, -0.05) is 30.0 Å². The van der Waals surface area contributed by atoms with Crippen LogP contribution in [-0.4, -0.2) is 21.4 Å². The summed E-state index contributed by atoms with van der Waals surface area (Å²) in [5.41, 5.74) is 2.20. The van der Waals surface area contributed by atoms with E-state index in [1.54, 1.807) is 11.8 Å². The number of aromatic nitrogens is 3. The number of nitrogens with zero attached hydrogens (tertiary/aromatic N) is 3. The van der Waals surface area contributed by atoms with Crippen molar-refractivity contribution in [1.82, 2.24) is 14.3 Å². The van der Waals surface area contributed by atoms with Gasteiger partial charge in [-0.3, -0.25) is 0 Å². The Morgan fingerprint density at radius 2 is 2.10 bits per heavy atom. The number of para-hydroxylation sites is 1. The summed E-state index contributed by atoms with van der Waals surface area (Å²) >= 11 is 3.14. The molecule has 6 heteroatoms. The SMILES string of the molecule is CNc1nc2ccccc2cc1CSc1nc(C)ns1. The molecule has 0 saturated heterocycles. The van der Waals surface area contributed by atoms with Crippen LogP contribution >= 0.6 is 23.3 Å². The molecule has 1 N–H and O–H groups in total. The number of hydrogen-bond acceptors (Lipinski definition) is 6. The Morgan fingerprint density at radius 1 is 1.25 bits per heavy atom. The smallest absolute Gasteiger partial charge is 0.170 e. The van der Waals surface area contributed by atoms with Crippen LogP contribution in [-0.2, 0) is 5.75 Å². The van der Waals surface area contributed by atoms with Crippen molar-refractivity contribution in [2.24, 2.45) is 0 Å². The first-order valence-corrected chi connectivity index (χ1v) is 8.01. The van der Waals surface area contributed by atoms with E-state index >= 15 is 0 Å². The average Bonchev–Trinajstić information content (AvgIpc) is 2.89. The molecular formula is C14H14N4S2. The van der Waals surface area contributed by atoms with Gasteiger partial charge in [0.2, 0.25) is 0 Å². The molecule has 0 aliphatic carbocycles. The van der Waals surface area contributed by atoms with Crippen molar-refractivity contribution in [2.45, 2.75) is 17.0 Å². The van der Waals surface area contributed by atoms with Crippen LogP contribution in [0.3, 0.4) is 0 Å². The van der Waals surface area contributed by atoms with Gasteiger partial charge in [-0.15, -0.1) is 0 Å². The molecule has 102 valence electrons. The van der Waals surface area contributed by atoms with Gasteiger partial charge >= 0.3 is 0 Å². The summed E-state index contributed by atoms with van der Waals surface area (Å²) in [4.78, 5) is 9.03. The predicted octanol–water partition coefficient (Wildman–Crippen LogP) is 3.73. The number of hydrogen-bond donors (Lipinski definition) is 1. The molecule has 20 heavy (non-hydrogen) atoms. The van der Waals surface area contributed by atoms with Crippen LogP contribution in [0.1, 0.15) is 11.4 Å². The number of rotatable bonds is 4. The van der Waals surface area contributed by atoms with E-state index in [-0.39, 0.29) is 0 Å². The van der Waals surface area contributed by atoms with Gasteiger partial charge in [0.1, 0.15) is 11.6 Å². The van der Waals surface area contributed by atoms with Gasteiger partial charge in [-0.25, -0.2) is 9.97 Å². The van der Waals surface area contributed by atoms with Crippen molar-refractivity contribution in [3.8, 4) is 0 Å². The van der Waals surface area contributed by atoms with Gasteiger partial charge in [-0.05, 0) is 30.6 Å². The third-order valence-electron chi connectivity index (χ3n) is 2.90. The van der Waals surface area contributed by atoms with Crippen LogP contribution in [0.4, 0.5) is 5.82 Å². The van der Waals surface area contributed by atoms with Crippen molar-refractivity contribution >= 4 is 40.0 Å². The Morgan fingerprint density at radius 3 is 2.85 bits per heavy atom. The van der Waals surface area contributed by atoms with Crippen LogP contribution in [0.5, 0.6) is 0 Å². The van der Waals surface area contributed by atoms with Gasteiger partial charge in [0.25, 0.3) is 0 Å². The molecule has 0 aliphatic rings. The van der Waals surface area contributed by atoms with Gasteiger partial charge < -0.3 is 5.32 Å². The maximum atomic E-state index is 4.65. The van der Waals surface area contributed by atoms with Gasteiger partial charge in [0, 0.05) is 23.8 Å². The molecule has 2 heterocycles. The Bertz CT molecular complexity index is 739. The molecule has 0 radical (unpaired) electrons. The monoisotopic (exact) mass is 302 g/mol. The molecule has 3 aromatic rings. The lowest BCUT2D eigenvalue weighted by Gasteiger charge is -2.09. The fourth-order valence-corrected chi connectivity index (χ4v) is 3.58. The van der Waals surface area contributed by atoms with Crippen LogP contribution < -0.4 is 5.32 Å². The Kier molecular flexibility index (Phi) is 3.84. The minimum atomic E-state index is 0.836. The summed E-state index contributed by atoms with van der Waals surface area (Å²) < 4.78 is 5.20. The van der Waals surface area contributed by atoms with Crippen molar-refractivity contribution in [2.75, 3.05) is 12.4 Å². The molecule has 3 rings (SSSR count). The second-order valence-electron chi connectivity index (χ2n) is 4.33. The fraction of sp³-hybridized carbons (Fsp3) is 0.214. The first-order chi connectivity index (χ1) is 9.76. The van der Waals surface area contributed by atoms with E-state index in [4.69, 9.17) is 0 Å². The quantitative estimate of drug-likeness (QED) is 0.744. The lowest BCUT2D eigenvalue weighted by atomic mass is 10.1. The van der Waals surface area contributed by atoms with E-state index in [2.05, 4.69) is 31.8 Å². The topological polar surface area (TPSA) is 50.7 Å². The molecule has 0 bridgehead atoms. The highest BCUT2D eigenvalue weighted by Crippen LogP contribution is 2.29. The van der Waals surface area contributed by atoms with E-state index in [0.717, 1.165) is 32.6 Å². The summed E-state index contributed by atoms with van der Waals surface area (Å²) in [7, 11) is 1.90. The lowest BCUT2D eigenvalue weighted by Crippen LogP contribution is -1.98. The van der Waals surface area contributed by atoms with Crippen LogP contribution in [0, 0.1) is 6.92 Å². The third-order valence-corrected chi connectivity index (χ3v) is 4.87. The maximum Gasteiger partial charge on any atom is 0.170 e. The number of anilines is 1. The highest BCUT2D eigenvalue weighted by molar-refractivity contribution is 8.00. The maximum absolute atomic E-state index is 4.65. The van der Waals surface area contributed by atoms with Gasteiger partial charge in [0.05, 0.1) is 5.52 Å². The summed E-state index contributed by atoms with van der Waals surface area (Å²) in [5, 5.41) is 4.33. The number of pyridine rings is 1. The summed E-state index contributed by atoms with van der Waals surface area (Å²) in [6, 6.07) is 10.3. The number of aryl methyl sites for hydroxylation is 1. The van der Waals surface area contributed by atoms with Gasteiger partial charge in [0.15, 0.2) is 4.34 Å². The van der Waals surface area contributed by atoms with Crippen molar-refractivity contribution < 1.29 is 0 Å². The second kappa shape index (κ2) is 5.76. The molecule has 0 atom stereocenters. The minimum Gasteiger partial charge on any atom is -0.373 e. The lowest BCUT2D eigenvalue weighted by molar-refractivity contribution is 1.10. The van der Waals surface area contributed by atoms with Crippen molar-refractivity contribution in [1.29, 1.82) is 0 Å². The number of fused-ring (bicyclic) bond motifs is 1. The zero-order valence-corrected chi connectivity index (χ0v) is 12.9. The molecule has 0 spiro atoms. The Balaban J connectivity index is 1.89. The molecule has 2 aromatic heterocycles. The summed E-state index contributed by atoms with van der Waals surface area (Å²) in [6.45, 7) is 1.91. The standard InChI is InChI=1S/C14H14N4S2/c1-9-16-14(20-18-9)19-8-11-7-10-5-3-4-6-12(10)17-13(11)15-2/h3-7H,8H2,1-2H3,(H,15,17).